The summed E-state index contributed by atoms with van der Waals surface area (Å²) >= 11 is 0. The molecule has 1 N–H and O–H groups in total. The van der Waals surface area contributed by atoms with Gasteiger partial charge in [0.05, 0.1) is 11.0 Å². The van der Waals surface area contributed by atoms with Gasteiger partial charge in [-0.3, -0.25) is 9.48 Å². The molecule has 0 aliphatic carbocycles. The molecule has 0 spiro atoms. The van der Waals surface area contributed by atoms with E-state index in [2.05, 4.69) is 34.6 Å². The van der Waals surface area contributed by atoms with Crippen molar-refractivity contribution in [2.75, 3.05) is 5.32 Å². The number of aromatic nitrogens is 5. The van der Waals surface area contributed by atoms with Crippen molar-refractivity contribution < 1.29 is 4.79 Å². The summed E-state index contributed by atoms with van der Waals surface area (Å²) in [4.78, 5) is 12.6. The molecule has 26 heavy (non-hydrogen) atoms. The number of anilines is 1. The zero-order valence-corrected chi connectivity index (χ0v) is 15.0. The van der Waals surface area contributed by atoms with Gasteiger partial charge < -0.3 is 5.32 Å². The molecule has 0 saturated carbocycles. The van der Waals surface area contributed by atoms with Crippen molar-refractivity contribution in [1.82, 2.24) is 24.8 Å². The number of benzene rings is 2. The van der Waals surface area contributed by atoms with Crippen LogP contribution in [0.4, 0.5) is 5.69 Å². The van der Waals surface area contributed by atoms with E-state index >= 15 is 0 Å². The molecule has 0 atom stereocenters. The normalized spacial score (nSPS) is 11.5. The van der Waals surface area contributed by atoms with Gasteiger partial charge in [0.1, 0.15) is 5.52 Å². The Hall–Kier alpha value is -3.22. The average molecular weight is 348 g/mol. The standard InChI is InChI=1S/C19H20N6O/c1-4-24-18-8-6-13(9-17(18)21-23-24)19(26)20-15-7-5-14-11-25(12(2)3)22-16(14)10-15/h5-12H,4H2,1-3H3,(H,20,26). The Kier molecular flexibility index (Phi) is 3.91. The number of carbonyl (C=O) groups is 1. The Morgan fingerprint density at radius 3 is 2.77 bits per heavy atom. The second-order valence-corrected chi connectivity index (χ2v) is 6.54. The Labute approximate surface area is 150 Å². The molecular formula is C19H20N6O. The molecule has 0 aliphatic heterocycles. The van der Waals surface area contributed by atoms with Crippen molar-refractivity contribution in [3.63, 3.8) is 0 Å². The summed E-state index contributed by atoms with van der Waals surface area (Å²) in [6.07, 6.45) is 2.01. The van der Waals surface area contributed by atoms with Crippen LogP contribution >= 0.6 is 0 Å². The lowest BCUT2D eigenvalue weighted by Gasteiger charge is -2.05. The van der Waals surface area contributed by atoms with Crippen molar-refractivity contribution in [2.24, 2.45) is 0 Å². The zero-order chi connectivity index (χ0) is 18.3. The Morgan fingerprint density at radius 2 is 2.00 bits per heavy atom. The lowest BCUT2D eigenvalue weighted by atomic mass is 10.1. The van der Waals surface area contributed by atoms with Gasteiger partial charge in [-0.2, -0.15) is 5.10 Å². The number of rotatable bonds is 4. The van der Waals surface area contributed by atoms with E-state index in [-0.39, 0.29) is 5.91 Å². The SMILES string of the molecule is CCn1nnc2cc(C(=O)Nc3ccc4cn(C(C)C)nc4c3)ccc21. The number of aryl methyl sites for hydroxylation is 1. The van der Waals surface area contributed by atoms with Crippen molar-refractivity contribution in [2.45, 2.75) is 33.4 Å². The summed E-state index contributed by atoms with van der Waals surface area (Å²) in [6.45, 7) is 6.91. The van der Waals surface area contributed by atoms with Crippen LogP contribution in [-0.4, -0.2) is 30.7 Å². The van der Waals surface area contributed by atoms with Crippen LogP contribution in [0, 0.1) is 0 Å². The minimum Gasteiger partial charge on any atom is -0.322 e. The average Bonchev–Trinajstić information content (AvgIpc) is 3.24. The van der Waals surface area contributed by atoms with Crippen LogP contribution in [0.1, 0.15) is 37.2 Å². The minimum absolute atomic E-state index is 0.180. The monoisotopic (exact) mass is 348 g/mol. The van der Waals surface area contributed by atoms with Crippen LogP contribution < -0.4 is 5.32 Å². The maximum absolute atomic E-state index is 12.6. The summed E-state index contributed by atoms with van der Waals surface area (Å²) in [7, 11) is 0. The topological polar surface area (TPSA) is 77.6 Å². The molecule has 4 rings (SSSR count). The first-order chi connectivity index (χ1) is 12.5. The fourth-order valence-corrected chi connectivity index (χ4v) is 2.93. The predicted octanol–water partition coefficient (Wildman–Crippen LogP) is 3.63. The number of nitrogens with zero attached hydrogens (tertiary/aromatic N) is 5. The number of hydrogen-bond acceptors (Lipinski definition) is 4. The third kappa shape index (κ3) is 2.81. The zero-order valence-electron chi connectivity index (χ0n) is 15.0. The summed E-state index contributed by atoms with van der Waals surface area (Å²) in [5.41, 5.74) is 3.76. The third-order valence-corrected chi connectivity index (χ3v) is 4.39. The summed E-state index contributed by atoms with van der Waals surface area (Å²) in [5, 5.41) is 16.7. The quantitative estimate of drug-likeness (QED) is 0.611. The van der Waals surface area contributed by atoms with Crippen molar-refractivity contribution in [3.8, 4) is 0 Å². The highest BCUT2D eigenvalue weighted by atomic mass is 16.1. The molecule has 0 saturated heterocycles. The molecule has 0 unspecified atom stereocenters. The van der Waals surface area contributed by atoms with Crippen LogP contribution in [0.3, 0.4) is 0 Å². The largest absolute Gasteiger partial charge is 0.322 e. The summed E-state index contributed by atoms with van der Waals surface area (Å²) in [6, 6.07) is 11.5. The van der Waals surface area contributed by atoms with E-state index in [1.165, 1.54) is 0 Å². The highest BCUT2D eigenvalue weighted by Crippen LogP contribution is 2.21. The van der Waals surface area contributed by atoms with E-state index < -0.39 is 0 Å². The lowest BCUT2D eigenvalue weighted by Crippen LogP contribution is -2.11. The molecule has 2 heterocycles. The van der Waals surface area contributed by atoms with Gasteiger partial charge in [-0.1, -0.05) is 5.21 Å². The smallest absolute Gasteiger partial charge is 0.255 e. The van der Waals surface area contributed by atoms with Gasteiger partial charge in [-0.15, -0.1) is 5.10 Å². The molecule has 0 aliphatic rings. The third-order valence-electron chi connectivity index (χ3n) is 4.39. The summed E-state index contributed by atoms with van der Waals surface area (Å²) in [5.74, 6) is -0.180. The van der Waals surface area contributed by atoms with E-state index in [1.807, 2.05) is 42.1 Å². The first-order valence-electron chi connectivity index (χ1n) is 8.68. The van der Waals surface area contributed by atoms with Gasteiger partial charge in [0, 0.05) is 35.4 Å². The van der Waals surface area contributed by atoms with Gasteiger partial charge >= 0.3 is 0 Å². The van der Waals surface area contributed by atoms with E-state index in [0.29, 0.717) is 22.8 Å². The Morgan fingerprint density at radius 1 is 1.15 bits per heavy atom. The molecule has 0 radical (unpaired) electrons. The van der Waals surface area contributed by atoms with E-state index in [4.69, 9.17) is 0 Å². The molecule has 0 bridgehead atoms. The fourth-order valence-electron chi connectivity index (χ4n) is 2.93. The fraction of sp³-hybridized carbons (Fsp3) is 0.263. The van der Waals surface area contributed by atoms with Gasteiger partial charge in [-0.05, 0) is 57.2 Å². The minimum atomic E-state index is -0.180. The van der Waals surface area contributed by atoms with Crippen LogP contribution in [0.5, 0.6) is 0 Å². The number of amides is 1. The molecule has 4 aromatic rings. The van der Waals surface area contributed by atoms with Crippen molar-refractivity contribution in [3.05, 3.63) is 48.2 Å². The second-order valence-electron chi connectivity index (χ2n) is 6.54. The van der Waals surface area contributed by atoms with Crippen LogP contribution in [0.25, 0.3) is 21.9 Å². The number of fused-ring (bicyclic) bond motifs is 2. The highest BCUT2D eigenvalue weighted by Gasteiger charge is 2.11. The molecule has 0 fully saturated rings. The lowest BCUT2D eigenvalue weighted by molar-refractivity contribution is 0.102. The summed E-state index contributed by atoms with van der Waals surface area (Å²) < 4.78 is 3.72. The highest BCUT2D eigenvalue weighted by molar-refractivity contribution is 6.06. The number of hydrogen-bond donors (Lipinski definition) is 1. The first kappa shape index (κ1) is 16.3. The molecule has 132 valence electrons. The van der Waals surface area contributed by atoms with E-state index in [9.17, 15) is 4.79 Å². The molecule has 2 aromatic carbocycles. The second kappa shape index (κ2) is 6.25. The maximum Gasteiger partial charge on any atom is 0.255 e. The van der Waals surface area contributed by atoms with Crippen molar-refractivity contribution >= 4 is 33.5 Å². The first-order valence-corrected chi connectivity index (χ1v) is 8.68. The number of carbonyl (C=O) groups excluding carboxylic acids is 1. The molecule has 2 aromatic heterocycles. The molecule has 7 heteroatoms. The molecule has 7 nitrogen and oxygen atoms in total. The Balaban J connectivity index is 1.60. The van der Waals surface area contributed by atoms with Gasteiger partial charge in [-0.25, -0.2) is 4.68 Å². The van der Waals surface area contributed by atoms with Gasteiger partial charge in [0.25, 0.3) is 5.91 Å². The van der Waals surface area contributed by atoms with Crippen LogP contribution in [0.15, 0.2) is 42.6 Å². The predicted molar refractivity (Wildman–Crippen MR) is 101 cm³/mol. The molecule has 1 amide bonds. The van der Waals surface area contributed by atoms with E-state index in [0.717, 1.165) is 23.0 Å². The molecular weight excluding hydrogens is 328 g/mol. The van der Waals surface area contributed by atoms with Crippen molar-refractivity contribution in [1.29, 1.82) is 0 Å². The maximum atomic E-state index is 12.6. The van der Waals surface area contributed by atoms with Gasteiger partial charge in [0.2, 0.25) is 0 Å². The van der Waals surface area contributed by atoms with E-state index in [1.54, 1.807) is 16.8 Å². The van der Waals surface area contributed by atoms with Crippen LogP contribution in [-0.2, 0) is 6.54 Å². The number of nitrogens with one attached hydrogen (secondary N) is 1. The van der Waals surface area contributed by atoms with Crippen LogP contribution in [0.2, 0.25) is 0 Å². The Bertz CT molecular complexity index is 1110. The van der Waals surface area contributed by atoms with Gasteiger partial charge in [0.15, 0.2) is 0 Å².